The lowest BCUT2D eigenvalue weighted by molar-refractivity contribution is -0.129. The standard InChI is InChI=1S/C32H40N2O5/c1-2-3-4-8-22-39-27-15-13-26(14-16-27)30-29(28(35)17-12-25-10-6-5-7-11-25)31(36)32(37)34(30)19-9-18-33-20-23-38-24-21-33/h5-7,10-17,30,36H,2-4,8-9,18-24H2,1H3. The summed E-state index contributed by atoms with van der Waals surface area (Å²) in [6.45, 7) is 7.26. The second-order valence-corrected chi connectivity index (χ2v) is 10.1. The van der Waals surface area contributed by atoms with Crippen molar-refractivity contribution in [2.24, 2.45) is 0 Å². The van der Waals surface area contributed by atoms with Crippen LogP contribution >= 0.6 is 0 Å². The van der Waals surface area contributed by atoms with Crippen molar-refractivity contribution in [3.8, 4) is 5.75 Å². The molecule has 2 aromatic rings. The van der Waals surface area contributed by atoms with Crippen LogP contribution in [0.5, 0.6) is 5.75 Å². The van der Waals surface area contributed by atoms with Crippen molar-refractivity contribution in [2.45, 2.75) is 45.1 Å². The van der Waals surface area contributed by atoms with Crippen LogP contribution in [0.25, 0.3) is 6.08 Å². The average Bonchev–Trinajstić information content (AvgIpc) is 3.22. The molecular formula is C32H40N2O5. The summed E-state index contributed by atoms with van der Waals surface area (Å²) >= 11 is 0. The van der Waals surface area contributed by atoms with Gasteiger partial charge in [0.15, 0.2) is 11.5 Å². The van der Waals surface area contributed by atoms with Crippen LogP contribution in [0.4, 0.5) is 0 Å². The van der Waals surface area contributed by atoms with Crippen molar-refractivity contribution in [1.29, 1.82) is 0 Å². The zero-order valence-corrected chi connectivity index (χ0v) is 22.9. The van der Waals surface area contributed by atoms with E-state index >= 15 is 0 Å². The first-order valence-corrected chi connectivity index (χ1v) is 14.1. The van der Waals surface area contributed by atoms with Gasteiger partial charge in [0, 0.05) is 26.2 Å². The number of aliphatic hydroxyl groups excluding tert-OH is 1. The fourth-order valence-corrected chi connectivity index (χ4v) is 5.06. The van der Waals surface area contributed by atoms with E-state index in [4.69, 9.17) is 9.47 Å². The molecule has 0 spiro atoms. The van der Waals surface area contributed by atoms with E-state index in [0.717, 1.165) is 55.8 Å². The third kappa shape index (κ3) is 7.80. The number of ether oxygens (including phenoxy) is 2. The van der Waals surface area contributed by atoms with E-state index in [2.05, 4.69) is 11.8 Å². The molecule has 2 aromatic carbocycles. The number of aliphatic hydroxyl groups is 1. The number of hydrogen-bond acceptors (Lipinski definition) is 6. The van der Waals surface area contributed by atoms with Gasteiger partial charge in [-0.3, -0.25) is 14.5 Å². The van der Waals surface area contributed by atoms with Gasteiger partial charge in [0.1, 0.15) is 5.75 Å². The molecule has 0 radical (unpaired) electrons. The lowest BCUT2D eigenvalue weighted by Crippen LogP contribution is -2.39. The summed E-state index contributed by atoms with van der Waals surface area (Å²) in [5, 5.41) is 10.9. The maximum Gasteiger partial charge on any atom is 0.290 e. The van der Waals surface area contributed by atoms with Crippen molar-refractivity contribution in [1.82, 2.24) is 9.80 Å². The molecule has 4 rings (SSSR count). The highest BCUT2D eigenvalue weighted by atomic mass is 16.5. The van der Waals surface area contributed by atoms with Crippen LogP contribution in [0, 0.1) is 0 Å². The van der Waals surface area contributed by atoms with Crippen molar-refractivity contribution < 1.29 is 24.2 Å². The molecule has 0 aliphatic carbocycles. The number of rotatable bonds is 14. The van der Waals surface area contributed by atoms with Gasteiger partial charge in [-0.1, -0.05) is 74.7 Å². The number of carbonyl (C=O) groups excluding carboxylic acids is 2. The second-order valence-electron chi connectivity index (χ2n) is 10.1. The molecule has 2 aliphatic rings. The van der Waals surface area contributed by atoms with Crippen LogP contribution in [0.3, 0.4) is 0 Å². The van der Waals surface area contributed by atoms with E-state index in [1.807, 2.05) is 54.6 Å². The summed E-state index contributed by atoms with van der Waals surface area (Å²) < 4.78 is 11.3. The molecule has 1 atom stereocenters. The molecule has 0 aromatic heterocycles. The first-order valence-electron chi connectivity index (χ1n) is 14.1. The normalized spacial score (nSPS) is 18.3. The van der Waals surface area contributed by atoms with Gasteiger partial charge in [0.05, 0.1) is 31.4 Å². The molecule has 1 saturated heterocycles. The van der Waals surface area contributed by atoms with Crippen molar-refractivity contribution >= 4 is 17.8 Å². The zero-order valence-electron chi connectivity index (χ0n) is 22.9. The Labute approximate surface area is 231 Å². The molecule has 1 unspecified atom stereocenters. The third-order valence-electron chi connectivity index (χ3n) is 7.24. The van der Waals surface area contributed by atoms with Crippen molar-refractivity contribution in [3.05, 3.63) is 83.1 Å². The zero-order chi connectivity index (χ0) is 27.5. The second kappa shape index (κ2) is 14.7. The number of ketones is 1. The van der Waals surface area contributed by atoms with E-state index in [-0.39, 0.29) is 11.4 Å². The monoisotopic (exact) mass is 532 g/mol. The molecule has 39 heavy (non-hydrogen) atoms. The van der Waals surface area contributed by atoms with Gasteiger partial charge >= 0.3 is 0 Å². The number of hydrogen-bond donors (Lipinski definition) is 1. The van der Waals surface area contributed by atoms with Crippen LogP contribution in [-0.4, -0.2) is 72.6 Å². The summed E-state index contributed by atoms with van der Waals surface area (Å²) in [4.78, 5) is 30.6. The van der Waals surface area contributed by atoms with Gasteiger partial charge in [-0.15, -0.1) is 0 Å². The average molecular weight is 533 g/mol. The number of morpholine rings is 1. The number of nitrogens with zero attached hydrogens (tertiary/aromatic N) is 2. The van der Waals surface area contributed by atoms with E-state index < -0.39 is 17.7 Å². The SMILES string of the molecule is CCCCCCOc1ccc(C2C(C(=O)C=Cc3ccccc3)=C(O)C(=O)N2CCCN2CCOCC2)cc1. The maximum atomic E-state index is 13.4. The minimum Gasteiger partial charge on any atom is -0.503 e. The van der Waals surface area contributed by atoms with Crippen LogP contribution < -0.4 is 4.74 Å². The molecule has 0 bridgehead atoms. The molecule has 1 N–H and O–H groups in total. The summed E-state index contributed by atoms with van der Waals surface area (Å²) in [6.07, 6.45) is 8.41. The van der Waals surface area contributed by atoms with Crippen LogP contribution in [0.2, 0.25) is 0 Å². The number of allylic oxidation sites excluding steroid dienone is 1. The number of amides is 1. The van der Waals surface area contributed by atoms with Gasteiger partial charge in [0.2, 0.25) is 0 Å². The van der Waals surface area contributed by atoms with E-state index in [9.17, 15) is 14.7 Å². The Morgan fingerprint density at radius 3 is 2.46 bits per heavy atom. The highest BCUT2D eigenvalue weighted by Gasteiger charge is 2.42. The maximum absolute atomic E-state index is 13.4. The summed E-state index contributed by atoms with van der Waals surface area (Å²) in [7, 11) is 0. The minimum absolute atomic E-state index is 0.117. The van der Waals surface area contributed by atoms with Gasteiger partial charge in [0.25, 0.3) is 5.91 Å². The Hall–Kier alpha value is -3.42. The quantitative estimate of drug-likeness (QED) is 0.261. The van der Waals surface area contributed by atoms with E-state index in [1.54, 1.807) is 11.0 Å². The van der Waals surface area contributed by atoms with Crippen LogP contribution in [0.1, 0.15) is 56.2 Å². The minimum atomic E-state index is -0.659. The fourth-order valence-electron chi connectivity index (χ4n) is 5.06. The van der Waals surface area contributed by atoms with Gasteiger partial charge in [-0.2, -0.15) is 0 Å². The highest BCUT2D eigenvalue weighted by Crippen LogP contribution is 2.38. The molecule has 7 heteroatoms. The number of benzene rings is 2. The molecule has 1 fully saturated rings. The van der Waals surface area contributed by atoms with Gasteiger partial charge < -0.3 is 19.5 Å². The predicted molar refractivity (Wildman–Crippen MR) is 153 cm³/mol. The number of carbonyl (C=O) groups is 2. The largest absolute Gasteiger partial charge is 0.503 e. The first-order chi connectivity index (χ1) is 19.1. The Balaban J connectivity index is 1.51. The molecule has 1 amide bonds. The Bertz CT molecular complexity index is 1140. The molecule has 208 valence electrons. The van der Waals surface area contributed by atoms with Crippen LogP contribution in [0.15, 0.2) is 72.0 Å². The molecule has 2 heterocycles. The Kier molecular flexibility index (Phi) is 10.7. The Morgan fingerprint density at radius 2 is 1.74 bits per heavy atom. The summed E-state index contributed by atoms with van der Waals surface area (Å²) in [5.74, 6) is -0.592. The van der Waals surface area contributed by atoms with E-state index in [0.29, 0.717) is 26.4 Å². The summed E-state index contributed by atoms with van der Waals surface area (Å²) in [6, 6.07) is 16.4. The number of unbranched alkanes of at least 4 members (excludes halogenated alkanes) is 3. The topological polar surface area (TPSA) is 79.3 Å². The first kappa shape index (κ1) is 28.6. The molecular weight excluding hydrogens is 492 g/mol. The molecule has 7 nitrogen and oxygen atoms in total. The lowest BCUT2D eigenvalue weighted by atomic mass is 9.95. The van der Waals surface area contributed by atoms with Gasteiger partial charge in [-0.05, 0) is 42.2 Å². The Morgan fingerprint density at radius 1 is 1.00 bits per heavy atom. The summed E-state index contributed by atoms with van der Waals surface area (Å²) in [5.41, 5.74) is 1.76. The third-order valence-corrected chi connectivity index (χ3v) is 7.24. The lowest BCUT2D eigenvalue weighted by Gasteiger charge is -2.30. The van der Waals surface area contributed by atoms with Crippen molar-refractivity contribution in [2.75, 3.05) is 46.0 Å². The molecule has 0 saturated carbocycles. The van der Waals surface area contributed by atoms with Crippen molar-refractivity contribution in [3.63, 3.8) is 0 Å². The smallest absolute Gasteiger partial charge is 0.290 e. The van der Waals surface area contributed by atoms with Gasteiger partial charge in [-0.25, -0.2) is 0 Å². The van der Waals surface area contributed by atoms with Crippen LogP contribution in [-0.2, 0) is 14.3 Å². The van der Waals surface area contributed by atoms with E-state index in [1.165, 1.54) is 18.9 Å². The fraction of sp³-hybridized carbons (Fsp3) is 0.438. The molecule has 2 aliphatic heterocycles. The highest BCUT2D eigenvalue weighted by molar-refractivity contribution is 6.14. The predicted octanol–water partition coefficient (Wildman–Crippen LogP) is 5.35.